The van der Waals surface area contributed by atoms with Gasteiger partial charge in [-0.3, -0.25) is 0 Å². The van der Waals surface area contributed by atoms with Crippen LogP contribution in [0.5, 0.6) is 0 Å². The molecule has 0 fully saturated rings. The summed E-state index contributed by atoms with van der Waals surface area (Å²) in [6, 6.07) is 0. The van der Waals surface area contributed by atoms with Crippen LogP contribution >= 0.6 is 7.82 Å². The average Bonchev–Trinajstić information content (AvgIpc) is 0.722. The smallest absolute Gasteiger partial charge is 0.303 e. The van der Waals surface area contributed by atoms with Crippen LogP contribution in [0.2, 0.25) is 0 Å². The first-order valence-electron chi connectivity index (χ1n) is 0.783. The molecule has 6 heavy (non-hydrogen) atoms. The molecule has 0 unspecified atom stereocenters. The van der Waals surface area contributed by atoms with Crippen LogP contribution < -0.4 is 0 Å². The molecule has 0 aliphatic heterocycles. The minimum absolute atomic E-state index is 0. The van der Waals surface area contributed by atoms with Crippen molar-refractivity contribution >= 4 is 30.9 Å². The van der Waals surface area contributed by atoms with Gasteiger partial charge in [0.15, 0.2) is 0 Å². The summed E-state index contributed by atoms with van der Waals surface area (Å²) in [4.78, 5) is 21.6. The second kappa shape index (κ2) is 2.96. The van der Waals surface area contributed by atoms with Gasteiger partial charge >= 0.3 is 33.7 Å². The first-order chi connectivity index (χ1) is 2.00. The Morgan fingerprint density at radius 2 is 1.33 bits per heavy atom. The van der Waals surface area contributed by atoms with Crippen molar-refractivity contribution in [3.8, 4) is 0 Å². The molecule has 3 N–H and O–H groups in total. The van der Waals surface area contributed by atoms with Crippen LogP contribution in [0.15, 0.2) is 0 Å². The van der Waals surface area contributed by atoms with Gasteiger partial charge in [-0.25, -0.2) is 4.57 Å². The monoisotopic (exact) mass is 124 g/mol. The zero-order valence-corrected chi connectivity index (χ0v) is 5.21. The normalized spacial score (nSPS) is 9.83. The van der Waals surface area contributed by atoms with Crippen LogP contribution in [0.25, 0.3) is 0 Å². The van der Waals surface area contributed by atoms with E-state index < -0.39 is 7.82 Å². The summed E-state index contributed by atoms with van der Waals surface area (Å²) in [5.41, 5.74) is 0. The summed E-state index contributed by atoms with van der Waals surface area (Å²) < 4.78 is 8.88. The fraction of sp³-hybridized carbons (Fsp3) is 0. The summed E-state index contributed by atoms with van der Waals surface area (Å²) in [5.74, 6) is 0. The van der Waals surface area contributed by atoms with Crippen molar-refractivity contribution < 1.29 is 22.1 Å². The standard InChI is InChI=1S/Mg.H3O4P/c;1-5(2,3)4/h;(H3,1,2,3,4)/q+2;/p+2. The van der Waals surface area contributed by atoms with Gasteiger partial charge in [0, 0.05) is 0 Å². The number of rotatable bonds is 0. The van der Waals surface area contributed by atoms with E-state index in [-0.39, 0.29) is 25.9 Å². The second-order valence-electron chi connectivity index (χ2n) is 0.513. The third-order valence-electron chi connectivity index (χ3n) is 0. The van der Waals surface area contributed by atoms with E-state index in [1.165, 1.54) is 0 Å². The molecule has 0 saturated carbocycles. The Kier molecular flexibility index (Phi) is 4.92. The second-order valence-corrected chi connectivity index (χ2v) is 1.54. The van der Waals surface area contributed by atoms with Gasteiger partial charge in [0.2, 0.25) is 0 Å². The third-order valence-corrected chi connectivity index (χ3v) is 0. The van der Waals surface area contributed by atoms with Gasteiger partial charge in [-0.05, 0) is 0 Å². The van der Waals surface area contributed by atoms with E-state index in [2.05, 4.69) is 0 Å². The third kappa shape index (κ3) is 95.4. The summed E-state index contributed by atoms with van der Waals surface area (Å²) >= 11 is 0. The Labute approximate surface area is 53.5 Å². The molecule has 0 atom stereocenters. The zero-order valence-electron chi connectivity index (χ0n) is 4.90. The molecule has 0 spiro atoms. The van der Waals surface area contributed by atoms with Crippen LogP contribution in [-0.2, 0) is 4.57 Å². The molecule has 0 bridgehead atoms. The van der Waals surface area contributed by atoms with Crippen molar-refractivity contribution in [2.24, 2.45) is 0 Å². The molecule has 0 aliphatic carbocycles. The maximum absolute atomic E-state index is 8.88. The van der Waals surface area contributed by atoms with E-state index in [1.54, 1.807) is 0 Å². The van der Waals surface area contributed by atoms with Gasteiger partial charge in [-0.1, -0.05) is 0 Å². The molecule has 0 aromatic heterocycles. The molecule has 0 aliphatic rings. The van der Waals surface area contributed by atoms with Crippen molar-refractivity contribution in [1.82, 2.24) is 0 Å². The van der Waals surface area contributed by atoms with Crippen LogP contribution in [0.4, 0.5) is 0 Å². The van der Waals surface area contributed by atoms with Crippen LogP contribution in [-0.4, -0.2) is 37.7 Å². The molecule has 32 valence electrons. The van der Waals surface area contributed by atoms with Crippen molar-refractivity contribution in [1.29, 1.82) is 0 Å². The molecular weight excluding hydrogens is 119 g/mol. The predicted molar refractivity (Wildman–Crippen MR) is 22.2 cm³/mol. The number of phosphoric acid groups is 1. The van der Waals surface area contributed by atoms with Crippen molar-refractivity contribution in [3.63, 3.8) is 0 Å². The van der Waals surface area contributed by atoms with Gasteiger partial charge < -0.3 is 14.7 Å². The maximum Gasteiger partial charge on any atom is 2.00 e. The topological polar surface area (TPSA) is 77.8 Å². The Morgan fingerprint density at radius 1 is 1.33 bits per heavy atom. The van der Waals surface area contributed by atoms with Crippen LogP contribution in [0.1, 0.15) is 2.85 Å². The van der Waals surface area contributed by atoms with Crippen LogP contribution in [0.3, 0.4) is 0 Å². The largest absolute Gasteiger partial charge is 2.00 e. The molecule has 6 heteroatoms. The van der Waals surface area contributed by atoms with Gasteiger partial charge in [0.05, 0.1) is 0 Å². The van der Waals surface area contributed by atoms with Gasteiger partial charge in [-0.15, -0.1) is 0 Å². The summed E-state index contributed by atoms with van der Waals surface area (Å²) in [6.07, 6.45) is 0. The van der Waals surface area contributed by atoms with E-state index in [4.69, 9.17) is 19.2 Å². The Bertz CT molecular complexity index is 60.2. The Morgan fingerprint density at radius 3 is 1.33 bits per heavy atom. The van der Waals surface area contributed by atoms with Gasteiger partial charge in [-0.2, -0.15) is 0 Å². The molecule has 0 amide bonds. The van der Waals surface area contributed by atoms with E-state index in [9.17, 15) is 0 Å². The molecule has 4 nitrogen and oxygen atoms in total. The van der Waals surface area contributed by atoms with E-state index >= 15 is 0 Å². The minimum atomic E-state index is -4.64. The van der Waals surface area contributed by atoms with Gasteiger partial charge in [0.1, 0.15) is 0 Å². The van der Waals surface area contributed by atoms with E-state index in [0.29, 0.717) is 0 Å². The van der Waals surface area contributed by atoms with Gasteiger partial charge in [0.25, 0.3) is 0 Å². The van der Waals surface area contributed by atoms with Crippen molar-refractivity contribution in [2.45, 2.75) is 0 Å². The molecule has 0 saturated heterocycles. The Balaban J connectivity index is -0.0000000267. The summed E-state index contributed by atoms with van der Waals surface area (Å²) in [5, 5.41) is 0. The fourth-order valence-corrected chi connectivity index (χ4v) is 0. The average molecular weight is 124 g/mol. The molecule has 0 aromatic carbocycles. The Hall–Kier alpha value is 0.876. The molecule has 0 heterocycles. The molecule has 0 aromatic rings. The first kappa shape index (κ1) is 9.99. The van der Waals surface area contributed by atoms with Crippen molar-refractivity contribution in [3.05, 3.63) is 0 Å². The fourth-order valence-electron chi connectivity index (χ4n) is 0. The first-order valence-corrected chi connectivity index (χ1v) is 2.35. The SMILES string of the molecule is O=P(O)(O)O.[H+].[H+].[Mg+2]. The van der Waals surface area contributed by atoms with E-state index in [1.807, 2.05) is 0 Å². The predicted octanol–water partition coefficient (Wildman–Crippen LogP) is -1.08. The molecule has 0 rings (SSSR count). The number of hydrogen-bond donors (Lipinski definition) is 3. The zero-order chi connectivity index (χ0) is 4.50. The minimum Gasteiger partial charge on any atom is -0.303 e. The summed E-state index contributed by atoms with van der Waals surface area (Å²) in [6.45, 7) is 0. The van der Waals surface area contributed by atoms with Crippen LogP contribution in [0, 0.1) is 0 Å². The molecular formula is H5MgO4P+4. The maximum atomic E-state index is 8.88. The number of hydrogen-bond acceptors (Lipinski definition) is 1. The van der Waals surface area contributed by atoms with Crippen molar-refractivity contribution in [2.75, 3.05) is 0 Å². The van der Waals surface area contributed by atoms with E-state index in [0.717, 1.165) is 0 Å². The molecule has 0 radical (unpaired) electrons. The quantitative estimate of drug-likeness (QED) is 0.283. The summed E-state index contributed by atoms with van der Waals surface area (Å²) in [7, 11) is -4.64.